The number of methoxy groups -OCH3 is 1. The summed E-state index contributed by atoms with van der Waals surface area (Å²) in [6.07, 6.45) is 0. The highest BCUT2D eigenvalue weighted by Crippen LogP contribution is 2.24. The topological polar surface area (TPSA) is 38.3 Å². The van der Waals surface area contributed by atoms with Gasteiger partial charge in [-0.15, -0.1) is 0 Å². The van der Waals surface area contributed by atoms with Crippen molar-refractivity contribution in [3.05, 3.63) is 24.0 Å². The Bertz CT molecular complexity index is 344. The molecule has 76 valence electrons. The molecule has 1 amide bonds. The number of ether oxygens (including phenoxy) is 1. The number of hydrogen-bond acceptors (Lipinski definition) is 3. The molecular formula is C9H10FNO2S. The van der Waals surface area contributed by atoms with Gasteiger partial charge in [-0.05, 0) is 12.1 Å². The lowest BCUT2D eigenvalue weighted by Crippen LogP contribution is -2.13. The first kappa shape index (κ1) is 10.8. The van der Waals surface area contributed by atoms with Gasteiger partial charge < -0.3 is 10.1 Å². The minimum Gasteiger partial charge on any atom is -0.495 e. The van der Waals surface area contributed by atoms with E-state index in [1.165, 1.54) is 25.3 Å². The summed E-state index contributed by atoms with van der Waals surface area (Å²) in [5, 5.41) is 2.47. The molecule has 0 bridgehead atoms. The number of rotatable bonds is 3. The van der Waals surface area contributed by atoms with Crippen LogP contribution in [0.3, 0.4) is 0 Å². The first-order valence-corrected chi connectivity index (χ1v) is 4.55. The van der Waals surface area contributed by atoms with Crippen LogP contribution in [0.15, 0.2) is 18.2 Å². The van der Waals surface area contributed by atoms with E-state index >= 15 is 0 Å². The number of anilines is 1. The van der Waals surface area contributed by atoms with Crippen LogP contribution in [-0.2, 0) is 4.79 Å². The molecule has 14 heavy (non-hydrogen) atoms. The number of nitrogens with one attached hydrogen (secondary N) is 1. The summed E-state index contributed by atoms with van der Waals surface area (Å²) in [6.45, 7) is 0. The summed E-state index contributed by atoms with van der Waals surface area (Å²) < 4.78 is 17.8. The second kappa shape index (κ2) is 4.85. The maximum Gasteiger partial charge on any atom is 0.234 e. The molecule has 1 aromatic rings. The van der Waals surface area contributed by atoms with Crippen molar-refractivity contribution in [3.63, 3.8) is 0 Å². The van der Waals surface area contributed by atoms with Gasteiger partial charge in [-0.2, -0.15) is 12.6 Å². The molecule has 0 unspecified atom stereocenters. The van der Waals surface area contributed by atoms with Crippen molar-refractivity contribution < 1.29 is 13.9 Å². The predicted octanol–water partition coefficient (Wildman–Crippen LogP) is 1.70. The zero-order valence-corrected chi connectivity index (χ0v) is 8.48. The minimum absolute atomic E-state index is 0.0413. The summed E-state index contributed by atoms with van der Waals surface area (Å²) in [6, 6.07) is 3.90. The molecule has 0 saturated heterocycles. The van der Waals surface area contributed by atoms with Crippen LogP contribution in [0.1, 0.15) is 0 Å². The second-order valence-electron chi connectivity index (χ2n) is 2.55. The fourth-order valence-electron chi connectivity index (χ4n) is 0.968. The highest BCUT2D eigenvalue weighted by atomic mass is 32.1. The first-order valence-electron chi connectivity index (χ1n) is 3.91. The molecule has 1 rings (SSSR count). The Balaban J connectivity index is 2.93. The van der Waals surface area contributed by atoms with Gasteiger partial charge in [0.15, 0.2) is 0 Å². The molecule has 0 radical (unpaired) electrons. The monoisotopic (exact) mass is 215 g/mol. The standard InChI is InChI=1S/C9H10FNO2S/c1-13-8-3-2-6(10)4-7(8)11-9(12)5-14/h2-4,14H,5H2,1H3,(H,11,12). The third-order valence-corrected chi connectivity index (χ3v) is 1.87. The third-order valence-electron chi connectivity index (χ3n) is 1.58. The second-order valence-corrected chi connectivity index (χ2v) is 2.87. The Morgan fingerprint density at radius 3 is 2.93 bits per heavy atom. The van der Waals surface area contributed by atoms with Crippen LogP contribution in [0, 0.1) is 5.82 Å². The van der Waals surface area contributed by atoms with Gasteiger partial charge in [-0.25, -0.2) is 4.39 Å². The average molecular weight is 215 g/mol. The Labute approximate surface area is 86.7 Å². The van der Waals surface area contributed by atoms with Gasteiger partial charge in [0.25, 0.3) is 0 Å². The van der Waals surface area contributed by atoms with E-state index in [-0.39, 0.29) is 11.7 Å². The van der Waals surface area contributed by atoms with E-state index in [1.54, 1.807) is 0 Å². The van der Waals surface area contributed by atoms with E-state index in [4.69, 9.17) is 4.74 Å². The summed E-state index contributed by atoms with van der Waals surface area (Å²) in [7, 11) is 1.45. The van der Waals surface area contributed by atoms with Crippen LogP contribution in [0.25, 0.3) is 0 Å². The Morgan fingerprint density at radius 2 is 2.36 bits per heavy atom. The third kappa shape index (κ3) is 2.63. The van der Waals surface area contributed by atoms with Crippen molar-refractivity contribution in [2.45, 2.75) is 0 Å². The SMILES string of the molecule is COc1ccc(F)cc1NC(=O)CS. The molecule has 0 aromatic heterocycles. The summed E-state index contributed by atoms with van der Waals surface area (Å²) in [5.74, 6) is -0.279. The van der Waals surface area contributed by atoms with Gasteiger partial charge in [0.1, 0.15) is 11.6 Å². The van der Waals surface area contributed by atoms with Crippen molar-refractivity contribution in [2.24, 2.45) is 0 Å². The van der Waals surface area contributed by atoms with Crippen LogP contribution in [-0.4, -0.2) is 18.8 Å². The Kier molecular flexibility index (Phi) is 3.76. The molecule has 0 aliphatic heterocycles. The predicted molar refractivity (Wildman–Crippen MR) is 55.4 cm³/mol. The molecule has 0 aliphatic carbocycles. The largest absolute Gasteiger partial charge is 0.495 e. The molecule has 3 nitrogen and oxygen atoms in total. The van der Waals surface area contributed by atoms with Gasteiger partial charge in [0, 0.05) is 6.07 Å². The lowest BCUT2D eigenvalue weighted by Gasteiger charge is -2.08. The number of hydrogen-bond donors (Lipinski definition) is 2. The maximum atomic E-state index is 12.8. The Morgan fingerprint density at radius 1 is 1.64 bits per heavy atom. The first-order chi connectivity index (χ1) is 6.67. The highest BCUT2D eigenvalue weighted by Gasteiger charge is 2.06. The van der Waals surface area contributed by atoms with E-state index in [9.17, 15) is 9.18 Å². The molecule has 0 heterocycles. The van der Waals surface area contributed by atoms with Gasteiger partial charge >= 0.3 is 0 Å². The van der Waals surface area contributed by atoms with E-state index < -0.39 is 5.82 Å². The maximum absolute atomic E-state index is 12.8. The van der Waals surface area contributed by atoms with E-state index in [1.807, 2.05) is 0 Å². The number of carbonyl (C=O) groups excluding carboxylic acids is 1. The van der Waals surface area contributed by atoms with Crippen molar-refractivity contribution in [2.75, 3.05) is 18.2 Å². The highest BCUT2D eigenvalue weighted by molar-refractivity contribution is 7.81. The molecule has 5 heteroatoms. The molecule has 0 atom stereocenters. The molecule has 1 N–H and O–H groups in total. The van der Waals surface area contributed by atoms with E-state index in [0.717, 1.165) is 0 Å². The van der Waals surface area contributed by atoms with Crippen molar-refractivity contribution in [3.8, 4) is 5.75 Å². The van der Waals surface area contributed by atoms with Crippen molar-refractivity contribution in [1.29, 1.82) is 0 Å². The van der Waals surface area contributed by atoms with Crippen LogP contribution in [0.5, 0.6) is 5.75 Å². The van der Waals surface area contributed by atoms with Gasteiger partial charge in [0.2, 0.25) is 5.91 Å². The molecule has 1 aromatic carbocycles. The smallest absolute Gasteiger partial charge is 0.234 e. The van der Waals surface area contributed by atoms with Gasteiger partial charge in [0.05, 0.1) is 18.6 Å². The van der Waals surface area contributed by atoms with Crippen LogP contribution in [0.2, 0.25) is 0 Å². The Hall–Kier alpha value is -1.23. The summed E-state index contributed by atoms with van der Waals surface area (Å²) in [5.41, 5.74) is 0.312. The number of thiol groups is 1. The quantitative estimate of drug-likeness (QED) is 0.753. The average Bonchev–Trinajstić information content (AvgIpc) is 2.18. The lowest BCUT2D eigenvalue weighted by atomic mass is 10.3. The fourth-order valence-corrected chi connectivity index (χ4v) is 1.05. The molecular weight excluding hydrogens is 205 g/mol. The van der Waals surface area contributed by atoms with Crippen LogP contribution < -0.4 is 10.1 Å². The summed E-state index contributed by atoms with van der Waals surface area (Å²) >= 11 is 3.79. The normalized spacial score (nSPS) is 9.64. The molecule has 0 fully saturated rings. The van der Waals surface area contributed by atoms with Crippen molar-refractivity contribution >= 4 is 24.2 Å². The molecule has 0 spiro atoms. The zero-order valence-electron chi connectivity index (χ0n) is 7.58. The van der Waals surface area contributed by atoms with Gasteiger partial charge in [-0.1, -0.05) is 0 Å². The molecule has 0 aliphatic rings. The summed E-state index contributed by atoms with van der Waals surface area (Å²) in [4.78, 5) is 11.0. The van der Waals surface area contributed by atoms with Crippen molar-refractivity contribution in [1.82, 2.24) is 0 Å². The van der Waals surface area contributed by atoms with Crippen LogP contribution in [0.4, 0.5) is 10.1 Å². The lowest BCUT2D eigenvalue weighted by molar-refractivity contribution is -0.113. The minimum atomic E-state index is -0.430. The van der Waals surface area contributed by atoms with Gasteiger partial charge in [-0.3, -0.25) is 4.79 Å². The molecule has 0 saturated carbocycles. The number of amides is 1. The van der Waals surface area contributed by atoms with E-state index in [2.05, 4.69) is 17.9 Å². The fraction of sp³-hybridized carbons (Fsp3) is 0.222. The number of carbonyl (C=O) groups is 1. The van der Waals surface area contributed by atoms with E-state index in [0.29, 0.717) is 11.4 Å². The van der Waals surface area contributed by atoms with Crippen LogP contribution >= 0.6 is 12.6 Å². The number of benzene rings is 1. The number of halogens is 1. The zero-order chi connectivity index (χ0) is 10.6.